The van der Waals surface area contributed by atoms with Gasteiger partial charge in [-0.3, -0.25) is 14.9 Å². The molecule has 3 aromatic rings. The molecule has 1 N–H and O–H groups in total. The highest BCUT2D eigenvalue weighted by molar-refractivity contribution is 9.10. The standard InChI is InChI=1S/C16H11BrN2O4/c1-9-6-10(17)2-4-14(9)18-16(20)13-8-23-15-5-3-11(19(21)22)7-12(13)15/h2-8H,1H3,(H,18,20). The second kappa shape index (κ2) is 5.85. The summed E-state index contributed by atoms with van der Waals surface area (Å²) in [6, 6.07) is 9.64. The number of non-ortho nitro benzene ring substituents is 1. The summed E-state index contributed by atoms with van der Waals surface area (Å²) in [4.78, 5) is 22.8. The van der Waals surface area contributed by atoms with E-state index in [4.69, 9.17) is 4.42 Å². The van der Waals surface area contributed by atoms with E-state index in [1.807, 2.05) is 19.1 Å². The van der Waals surface area contributed by atoms with Crippen molar-refractivity contribution in [1.82, 2.24) is 0 Å². The third-order valence-electron chi connectivity index (χ3n) is 3.45. The maximum atomic E-state index is 12.5. The third-order valence-corrected chi connectivity index (χ3v) is 3.94. The number of aryl methyl sites for hydroxylation is 1. The number of nitro benzene ring substituents is 1. The largest absolute Gasteiger partial charge is 0.463 e. The van der Waals surface area contributed by atoms with Crippen LogP contribution in [0.2, 0.25) is 0 Å². The van der Waals surface area contributed by atoms with Crippen molar-refractivity contribution in [2.75, 3.05) is 5.32 Å². The zero-order valence-electron chi connectivity index (χ0n) is 12.0. The van der Waals surface area contributed by atoms with E-state index in [0.29, 0.717) is 16.7 Å². The summed E-state index contributed by atoms with van der Waals surface area (Å²) in [5, 5.41) is 14.1. The molecule has 0 aliphatic rings. The molecule has 0 aliphatic heterocycles. The monoisotopic (exact) mass is 374 g/mol. The molecule has 0 saturated heterocycles. The normalized spacial score (nSPS) is 10.7. The molecule has 23 heavy (non-hydrogen) atoms. The lowest BCUT2D eigenvalue weighted by atomic mass is 10.1. The molecule has 7 heteroatoms. The van der Waals surface area contributed by atoms with Gasteiger partial charge in [-0.25, -0.2) is 0 Å². The van der Waals surface area contributed by atoms with Crippen molar-refractivity contribution in [2.45, 2.75) is 6.92 Å². The van der Waals surface area contributed by atoms with E-state index in [-0.39, 0.29) is 17.2 Å². The number of fused-ring (bicyclic) bond motifs is 1. The molecule has 0 saturated carbocycles. The second-order valence-electron chi connectivity index (χ2n) is 5.00. The van der Waals surface area contributed by atoms with Crippen LogP contribution < -0.4 is 5.32 Å². The van der Waals surface area contributed by atoms with E-state index in [2.05, 4.69) is 21.2 Å². The molecule has 1 aromatic heterocycles. The summed E-state index contributed by atoms with van der Waals surface area (Å²) in [5.74, 6) is -0.380. The fourth-order valence-electron chi connectivity index (χ4n) is 2.26. The molecular formula is C16H11BrN2O4. The van der Waals surface area contributed by atoms with E-state index in [1.54, 1.807) is 6.07 Å². The van der Waals surface area contributed by atoms with Gasteiger partial charge in [-0.1, -0.05) is 15.9 Å². The molecule has 0 unspecified atom stereocenters. The van der Waals surface area contributed by atoms with Gasteiger partial charge in [0.25, 0.3) is 11.6 Å². The highest BCUT2D eigenvalue weighted by atomic mass is 79.9. The van der Waals surface area contributed by atoms with E-state index in [9.17, 15) is 14.9 Å². The summed E-state index contributed by atoms with van der Waals surface area (Å²) in [7, 11) is 0. The lowest BCUT2D eigenvalue weighted by Crippen LogP contribution is -2.12. The molecule has 1 amide bonds. The van der Waals surface area contributed by atoms with Gasteiger partial charge in [0.15, 0.2) is 0 Å². The van der Waals surface area contributed by atoms with Crippen LogP contribution in [0.4, 0.5) is 11.4 Å². The molecule has 6 nitrogen and oxygen atoms in total. The Bertz CT molecular complexity index is 933. The number of anilines is 1. The van der Waals surface area contributed by atoms with Crippen LogP contribution in [0.15, 0.2) is 51.6 Å². The Morgan fingerprint density at radius 3 is 2.74 bits per heavy atom. The Morgan fingerprint density at radius 1 is 1.26 bits per heavy atom. The average molecular weight is 375 g/mol. The van der Waals surface area contributed by atoms with Crippen LogP contribution in [0, 0.1) is 17.0 Å². The van der Waals surface area contributed by atoms with Gasteiger partial charge in [0.05, 0.1) is 10.5 Å². The number of carbonyl (C=O) groups excluding carboxylic acids is 1. The van der Waals surface area contributed by atoms with Gasteiger partial charge in [0, 0.05) is 27.7 Å². The fraction of sp³-hybridized carbons (Fsp3) is 0.0625. The third kappa shape index (κ3) is 2.95. The van der Waals surface area contributed by atoms with Crippen molar-refractivity contribution in [3.8, 4) is 0 Å². The molecule has 0 radical (unpaired) electrons. The minimum Gasteiger partial charge on any atom is -0.463 e. The van der Waals surface area contributed by atoms with Crippen molar-refractivity contribution in [1.29, 1.82) is 0 Å². The number of benzene rings is 2. The molecule has 2 aromatic carbocycles. The van der Waals surface area contributed by atoms with Crippen LogP contribution >= 0.6 is 15.9 Å². The van der Waals surface area contributed by atoms with Gasteiger partial charge in [-0.2, -0.15) is 0 Å². The zero-order chi connectivity index (χ0) is 16.6. The molecule has 0 spiro atoms. The molecule has 3 rings (SSSR count). The lowest BCUT2D eigenvalue weighted by Gasteiger charge is -2.07. The van der Waals surface area contributed by atoms with Crippen molar-refractivity contribution in [3.05, 3.63) is 68.4 Å². The van der Waals surface area contributed by atoms with Crippen molar-refractivity contribution in [3.63, 3.8) is 0 Å². The molecule has 0 fully saturated rings. The number of hydrogen-bond donors (Lipinski definition) is 1. The lowest BCUT2D eigenvalue weighted by molar-refractivity contribution is -0.384. The summed E-state index contributed by atoms with van der Waals surface area (Å²) in [6.45, 7) is 1.87. The maximum absolute atomic E-state index is 12.5. The quantitative estimate of drug-likeness (QED) is 0.533. The van der Waals surface area contributed by atoms with Crippen LogP contribution in [-0.4, -0.2) is 10.8 Å². The molecular weight excluding hydrogens is 364 g/mol. The fourth-order valence-corrected chi connectivity index (χ4v) is 2.74. The molecule has 116 valence electrons. The summed E-state index contributed by atoms with van der Waals surface area (Å²) >= 11 is 3.36. The summed E-state index contributed by atoms with van der Waals surface area (Å²) in [6.07, 6.45) is 1.30. The predicted molar refractivity (Wildman–Crippen MR) is 89.7 cm³/mol. The van der Waals surface area contributed by atoms with Gasteiger partial charge < -0.3 is 9.73 Å². The Morgan fingerprint density at radius 2 is 2.04 bits per heavy atom. The summed E-state index contributed by atoms with van der Waals surface area (Å²) < 4.78 is 6.22. The van der Waals surface area contributed by atoms with Crippen LogP contribution in [0.1, 0.15) is 15.9 Å². The Labute approximate surface area is 139 Å². The number of carbonyl (C=O) groups is 1. The Hall–Kier alpha value is -2.67. The van der Waals surface area contributed by atoms with Crippen molar-refractivity contribution >= 4 is 44.2 Å². The number of furan rings is 1. The van der Waals surface area contributed by atoms with Crippen LogP contribution in [0.3, 0.4) is 0 Å². The van der Waals surface area contributed by atoms with Gasteiger partial charge in [-0.05, 0) is 36.8 Å². The number of nitrogens with one attached hydrogen (secondary N) is 1. The first-order valence-corrected chi connectivity index (χ1v) is 7.48. The summed E-state index contributed by atoms with van der Waals surface area (Å²) in [5.41, 5.74) is 2.15. The zero-order valence-corrected chi connectivity index (χ0v) is 13.6. The SMILES string of the molecule is Cc1cc(Br)ccc1NC(=O)c1coc2ccc([N+](=O)[O-])cc12. The molecule has 1 heterocycles. The Balaban J connectivity index is 1.97. The van der Waals surface area contributed by atoms with Crippen LogP contribution in [0.25, 0.3) is 11.0 Å². The highest BCUT2D eigenvalue weighted by Gasteiger charge is 2.17. The van der Waals surface area contributed by atoms with E-state index in [0.717, 1.165) is 10.0 Å². The van der Waals surface area contributed by atoms with E-state index >= 15 is 0 Å². The van der Waals surface area contributed by atoms with Crippen molar-refractivity contribution < 1.29 is 14.1 Å². The van der Waals surface area contributed by atoms with Crippen LogP contribution in [0.5, 0.6) is 0 Å². The van der Waals surface area contributed by atoms with E-state index in [1.165, 1.54) is 24.5 Å². The number of amides is 1. The minimum atomic E-state index is -0.507. The minimum absolute atomic E-state index is 0.0900. The first-order valence-electron chi connectivity index (χ1n) is 6.69. The van der Waals surface area contributed by atoms with Crippen molar-refractivity contribution in [2.24, 2.45) is 0 Å². The van der Waals surface area contributed by atoms with Gasteiger partial charge >= 0.3 is 0 Å². The highest BCUT2D eigenvalue weighted by Crippen LogP contribution is 2.27. The maximum Gasteiger partial charge on any atom is 0.270 e. The molecule has 0 aliphatic carbocycles. The number of rotatable bonds is 3. The smallest absolute Gasteiger partial charge is 0.270 e. The average Bonchev–Trinajstić information content (AvgIpc) is 2.93. The van der Waals surface area contributed by atoms with E-state index < -0.39 is 4.92 Å². The van der Waals surface area contributed by atoms with Gasteiger partial charge in [0.1, 0.15) is 11.8 Å². The van der Waals surface area contributed by atoms with Gasteiger partial charge in [-0.15, -0.1) is 0 Å². The predicted octanol–water partition coefficient (Wildman–Crippen LogP) is 4.66. The first-order chi connectivity index (χ1) is 11.0. The topological polar surface area (TPSA) is 85.4 Å². The number of hydrogen-bond acceptors (Lipinski definition) is 4. The molecule has 0 bridgehead atoms. The first kappa shape index (κ1) is 15.2. The van der Waals surface area contributed by atoms with Crippen LogP contribution in [-0.2, 0) is 0 Å². The number of halogens is 1. The van der Waals surface area contributed by atoms with Gasteiger partial charge in [0.2, 0.25) is 0 Å². The molecule has 0 atom stereocenters. The number of nitro groups is 1. The number of nitrogens with zero attached hydrogens (tertiary/aromatic N) is 1. The second-order valence-corrected chi connectivity index (χ2v) is 5.92. The Kier molecular flexibility index (Phi) is 3.87.